The van der Waals surface area contributed by atoms with Crippen molar-refractivity contribution in [3.63, 3.8) is 0 Å². The smallest absolute Gasteiger partial charge is 0.246 e. The quantitative estimate of drug-likeness (QED) is 0.557. The molecule has 0 radical (unpaired) electrons. The van der Waals surface area contributed by atoms with Crippen LogP contribution in [0.3, 0.4) is 0 Å². The number of benzene rings is 2. The number of hydrogen-bond acceptors (Lipinski definition) is 8. The molecule has 2 aromatic carbocycles. The zero-order valence-electron chi connectivity index (χ0n) is 14.8. The van der Waals surface area contributed by atoms with E-state index in [0.717, 1.165) is 22.7 Å². The average Bonchev–Trinajstić information content (AvgIpc) is 3.36. The zero-order chi connectivity index (χ0) is 18.6. The van der Waals surface area contributed by atoms with Gasteiger partial charge in [0.05, 0.1) is 19.3 Å². The van der Waals surface area contributed by atoms with Crippen LogP contribution in [0.5, 0.6) is 5.75 Å². The third-order valence-electron chi connectivity index (χ3n) is 3.98. The molecule has 0 saturated carbocycles. The van der Waals surface area contributed by atoms with E-state index >= 15 is 0 Å². The molecule has 4 rings (SSSR count). The van der Waals surface area contributed by atoms with Gasteiger partial charge in [-0.25, -0.2) is 0 Å². The van der Waals surface area contributed by atoms with Crippen LogP contribution in [-0.2, 0) is 6.54 Å². The van der Waals surface area contributed by atoms with Crippen molar-refractivity contribution < 1.29 is 9.26 Å². The summed E-state index contributed by atoms with van der Waals surface area (Å²) in [5.41, 5.74) is 2.63. The molecule has 0 saturated heterocycles. The predicted molar refractivity (Wildman–Crippen MR) is 97.5 cm³/mol. The molecule has 0 amide bonds. The van der Waals surface area contributed by atoms with Crippen molar-refractivity contribution in [1.82, 2.24) is 30.3 Å². The van der Waals surface area contributed by atoms with Crippen LogP contribution in [0.2, 0.25) is 0 Å². The minimum Gasteiger partial charge on any atom is -0.497 e. The molecule has 2 aromatic heterocycles. The first-order valence-corrected chi connectivity index (χ1v) is 8.29. The average molecular weight is 363 g/mol. The molecule has 0 aliphatic rings. The van der Waals surface area contributed by atoms with Gasteiger partial charge >= 0.3 is 0 Å². The molecule has 136 valence electrons. The number of rotatable bonds is 6. The summed E-state index contributed by atoms with van der Waals surface area (Å²) < 4.78 is 12.1. The van der Waals surface area contributed by atoms with Gasteiger partial charge in [0.15, 0.2) is 5.82 Å². The lowest BCUT2D eigenvalue weighted by Crippen LogP contribution is -2.03. The Morgan fingerprint density at radius 1 is 1.15 bits per heavy atom. The summed E-state index contributed by atoms with van der Waals surface area (Å²) in [6.45, 7) is 2.25. The van der Waals surface area contributed by atoms with E-state index in [1.165, 1.54) is 0 Å². The summed E-state index contributed by atoms with van der Waals surface area (Å²) in [6, 6.07) is 15.2. The van der Waals surface area contributed by atoms with Crippen LogP contribution in [-0.4, -0.2) is 37.5 Å². The summed E-state index contributed by atoms with van der Waals surface area (Å²) >= 11 is 0. The molecule has 0 unspecified atom stereocenters. The molecule has 9 heteroatoms. The third kappa shape index (κ3) is 3.61. The summed E-state index contributed by atoms with van der Waals surface area (Å²) in [7, 11) is 1.63. The molecule has 0 atom stereocenters. The molecule has 4 aromatic rings. The van der Waals surface area contributed by atoms with Gasteiger partial charge in [-0.1, -0.05) is 11.2 Å². The minimum absolute atomic E-state index is 0.404. The predicted octanol–water partition coefficient (Wildman–Crippen LogP) is 2.64. The number of tetrazole rings is 1. The number of nitrogens with zero attached hydrogens (tertiary/aromatic N) is 6. The molecule has 0 fully saturated rings. The van der Waals surface area contributed by atoms with Gasteiger partial charge in [0, 0.05) is 11.3 Å². The summed E-state index contributed by atoms with van der Waals surface area (Å²) in [4.78, 5) is 4.42. The molecule has 0 aliphatic heterocycles. The highest BCUT2D eigenvalue weighted by atomic mass is 16.5. The summed E-state index contributed by atoms with van der Waals surface area (Å²) in [5, 5.41) is 18.8. The number of anilines is 1. The molecule has 0 spiro atoms. The van der Waals surface area contributed by atoms with Crippen molar-refractivity contribution in [1.29, 1.82) is 0 Å². The van der Waals surface area contributed by atoms with Crippen molar-refractivity contribution in [2.24, 2.45) is 0 Å². The molecule has 27 heavy (non-hydrogen) atoms. The Balaban J connectivity index is 1.45. The maximum Gasteiger partial charge on any atom is 0.246 e. The lowest BCUT2D eigenvalue weighted by atomic mass is 10.2. The topological polar surface area (TPSA) is 104 Å². The molecular weight excluding hydrogens is 346 g/mol. The van der Waals surface area contributed by atoms with Crippen molar-refractivity contribution in [2.45, 2.75) is 13.5 Å². The highest BCUT2D eigenvalue weighted by molar-refractivity contribution is 5.55. The van der Waals surface area contributed by atoms with Crippen LogP contribution < -0.4 is 10.1 Å². The fourth-order valence-corrected chi connectivity index (χ4v) is 2.58. The van der Waals surface area contributed by atoms with E-state index in [4.69, 9.17) is 9.26 Å². The molecule has 2 heterocycles. The van der Waals surface area contributed by atoms with E-state index in [0.29, 0.717) is 24.1 Å². The maximum absolute atomic E-state index is 5.33. The van der Waals surface area contributed by atoms with Gasteiger partial charge in [-0.05, 0) is 59.8 Å². The van der Waals surface area contributed by atoms with Gasteiger partial charge in [0.2, 0.25) is 11.7 Å². The van der Waals surface area contributed by atoms with Gasteiger partial charge in [-0.2, -0.15) is 9.67 Å². The summed E-state index contributed by atoms with van der Waals surface area (Å²) in [6.07, 6.45) is 0. The third-order valence-corrected chi connectivity index (χ3v) is 3.98. The number of aryl methyl sites for hydroxylation is 1. The number of ether oxygens (including phenoxy) is 1. The number of aromatic nitrogens is 6. The molecule has 0 bridgehead atoms. The highest BCUT2D eigenvalue weighted by Gasteiger charge is 2.09. The highest BCUT2D eigenvalue weighted by Crippen LogP contribution is 2.20. The number of hydrogen-bond donors (Lipinski definition) is 1. The van der Waals surface area contributed by atoms with E-state index in [1.807, 2.05) is 55.5 Å². The lowest BCUT2D eigenvalue weighted by Gasteiger charge is -2.06. The van der Waals surface area contributed by atoms with Crippen LogP contribution >= 0.6 is 0 Å². The zero-order valence-corrected chi connectivity index (χ0v) is 14.8. The van der Waals surface area contributed by atoms with Crippen molar-refractivity contribution >= 4 is 5.69 Å². The normalized spacial score (nSPS) is 10.7. The molecule has 0 aliphatic carbocycles. The maximum atomic E-state index is 5.33. The standard InChI is InChI=1S/C18H17N7O2/c1-12-21-23-24-25(12)15-5-3-4-14(10-15)19-11-17-20-18(22-27-17)13-6-8-16(26-2)9-7-13/h3-10,19H,11H2,1-2H3. The Morgan fingerprint density at radius 2 is 2.00 bits per heavy atom. The SMILES string of the molecule is COc1ccc(-c2noc(CNc3cccc(-n4nnnc4C)c3)n2)cc1. The second kappa shape index (κ2) is 7.24. The van der Waals surface area contributed by atoms with E-state index in [2.05, 4.69) is 31.0 Å². The Bertz CT molecular complexity index is 1040. The molecular formula is C18H17N7O2. The van der Waals surface area contributed by atoms with Crippen LogP contribution in [0, 0.1) is 6.92 Å². The van der Waals surface area contributed by atoms with Gasteiger partial charge in [-0.3, -0.25) is 0 Å². The number of nitrogens with one attached hydrogen (secondary N) is 1. The second-order valence-corrected chi connectivity index (χ2v) is 5.78. The first-order chi connectivity index (χ1) is 13.2. The van der Waals surface area contributed by atoms with Gasteiger partial charge in [0.1, 0.15) is 5.75 Å². The first kappa shape index (κ1) is 16.7. The lowest BCUT2D eigenvalue weighted by molar-refractivity contribution is 0.384. The van der Waals surface area contributed by atoms with E-state index < -0.39 is 0 Å². The Morgan fingerprint density at radius 3 is 2.74 bits per heavy atom. The first-order valence-electron chi connectivity index (χ1n) is 8.29. The van der Waals surface area contributed by atoms with Crippen LogP contribution in [0.15, 0.2) is 53.1 Å². The van der Waals surface area contributed by atoms with Gasteiger partial charge in [-0.15, -0.1) is 5.10 Å². The largest absolute Gasteiger partial charge is 0.497 e. The number of methoxy groups -OCH3 is 1. The fraction of sp³-hybridized carbons (Fsp3) is 0.167. The van der Waals surface area contributed by atoms with E-state index in [-0.39, 0.29) is 0 Å². The fourth-order valence-electron chi connectivity index (χ4n) is 2.58. The second-order valence-electron chi connectivity index (χ2n) is 5.78. The van der Waals surface area contributed by atoms with Crippen LogP contribution in [0.4, 0.5) is 5.69 Å². The Kier molecular flexibility index (Phi) is 4.48. The van der Waals surface area contributed by atoms with Crippen molar-refractivity contribution in [2.75, 3.05) is 12.4 Å². The minimum atomic E-state index is 0.404. The van der Waals surface area contributed by atoms with E-state index in [9.17, 15) is 0 Å². The monoisotopic (exact) mass is 363 g/mol. The summed E-state index contributed by atoms with van der Waals surface area (Å²) in [5.74, 6) is 2.52. The Hall–Kier alpha value is -3.75. The van der Waals surface area contributed by atoms with Gasteiger partial charge < -0.3 is 14.6 Å². The van der Waals surface area contributed by atoms with Crippen LogP contribution in [0.25, 0.3) is 17.1 Å². The van der Waals surface area contributed by atoms with E-state index in [1.54, 1.807) is 11.8 Å². The Labute approximate surface area is 155 Å². The molecule has 9 nitrogen and oxygen atoms in total. The van der Waals surface area contributed by atoms with Crippen LogP contribution in [0.1, 0.15) is 11.7 Å². The van der Waals surface area contributed by atoms with Crippen molar-refractivity contribution in [3.05, 3.63) is 60.2 Å². The molecule has 1 N–H and O–H groups in total. The van der Waals surface area contributed by atoms with Crippen molar-refractivity contribution in [3.8, 4) is 22.8 Å². The van der Waals surface area contributed by atoms with Gasteiger partial charge in [0.25, 0.3) is 0 Å².